The van der Waals surface area contributed by atoms with Gasteiger partial charge in [-0.3, -0.25) is 4.79 Å². The monoisotopic (exact) mass is 358 g/mol. The molecule has 2 N–H and O–H groups in total. The maximum absolute atomic E-state index is 12.3. The van der Waals surface area contributed by atoms with E-state index >= 15 is 0 Å². The normalized spacial score (nSPS) is 19.7. The van der Waals surface area contributed by atoms with Gasteiger partial charge < -0.3 is 19.9 Å². The first kappa shape index (κ1) is 18.4. The molecule has 140 valence electrons. The van der Waals surface area contributed by atoms with Crippen LogP contribution in [0.2, 0.25) is 0 Å². The van der Waals surface area contributed by atoms with E-state index in [0.717, 1.165) is 30.8 Å². The minimum absolute atomic E-state index is 0.0649. The van der Waals surface area contributed by atoms with Crippen LogP contribution in [0.1, 0.15) is 32.1 Å². The zero-order chi connectivity index (χ0) is 18.6. The van der Waals surface area contributed by atoms with Crippen LogP contribution in [0, 0.1) is 5.41 Å². The SMILES string of the molecule is COc1ccc(-c2noc(CCCC(=O)N3CCC(C)(CN)C3)n2)cc1. The van der Waals surface area contributed by atoms with Crippen LogP contribution < -0.4 is 10.5 Å². The first-order valence-corrected chi connectivity index (χ1v) is 8.98. The summed E-state index contributed by atoms with van der Waals surface area (Å²) < 4.78 is 10.4. The van der Waals surface area contributed by atoms with Crippen molar-refractivity contribution in [3.8, 4) is 17.1 Å². The van der Waals surface area contributed by atoms with E-state index in [1.807, 2.05) is 29.2 Å². The van der Waals surface area contributed by atoms with Crippen LogP contribution in [-0.4, -0.2) is 47.7 Å². The third-order valence-electron chi connectivity index (χ3n) is 5.00. The number of likely N-dealkylation sites (tertiary alicyclic amines) is 1. The highest BCUT2D eigenvalue weighted by Crippen LogP contribution is 2.29. The summed E-state index contributed by atoms with van der Waals surface area (Å²) >= 11 is 0. The summed E-state index contributed by atoms with van der Waals surface area (Å²) in [6.07, 6.45) is 2.75. The molecule has 1 aromatic heterocycles. The molecular formula is C19H26N4O3. The number of methoxy groups -OCH3 is 1. The molecule has 0 spiro atoms. The molecule has 1 unspecified atom stereocenters. The minimum Gasteiger partial charge on any atom is -0.497 e. The maximum Gasteiger partial charge on any atom is 0.226 e. The van der Waals surface area contributed by atoms with Crippen LogP contribution >= 0.6 is 0 Å². The van der Waals surface area contributed by atoms with Crippen molar-refractivity contribution in [3.63, 3.8) is 0 Å². The third-order valence-corrected chi connectivity index (χ3v) is 5.00. The van der Waals surface area contributed by atoms with Crippen LogP contribution in [0.3, 0.4) is 0 Å². The highest BCUT2D eigenvalue weighted by atomic mass is 16.5. The van der Waals surface area contributed by atoms with Crippen molar-refractivity contribution in [1.29, 1.82) is 0 Å². The number of nitrogens with two attached hydrogens (primary N) is 1. The van der Waals surface area contributed by atoms with Crippen molar-refractivity contribution >= 4 is 5.91 Å². The summed E-state index contributed by atoms with van der Waals surface area (Å²) in [6.45, 7) is 4.31. The fraction of sp³-hybridized carbons (Fsp3) is 0.526. The molecule has 1 aliphatic rings. The smallest absolute Gasteiger partial charge is 0.226 e. The van der Waals surface area contributed by atoms with Crippen molar-refractivity contribution in [2.24, 2.45) is 11.1 Å². The van der Waals surface area contributed by atoms with Crippen LogP contribution in [0.25, 0.3) is 11.4 Å². The number of benzene rings is 1. The molecule has 2 heterocycles. The van der Waals surface area contributed by atoms with Crippen molar-refractivity contribution in [1.82, 2.24) is 15.0 Å². The summed E-state index contributed by atoms with van der Waals surface area (Å²) in [6, 6.07) is 7.49. The van der Waals surface area contributed by atoms with E-state index in [9.17, 15) is 4.79 Å². The van der Waals surface area contributed by atoms with E-state index < -0.39 is 0 Å². The van der Waals surface area contributed by atoms with Crippen molar-refractivity contribution in [2.75, 3.05) is 26.7 Å². The molecule has 1 saturated heterocycles. The number of rotatable bonds is 7. The zero-order valence-electron chi connectivity index (χ0n) is 15.4. The third kappa shape index (κ3) is 4.22. The molecule has 2 aromatic rings. The van der Waals surface area contributed by atoms with Gasteiger partial charge in [-0.25, -0.2) is 0 Å². The Morgan fingerprint density at radius 2 is 2.15 bits per heavy atom. The van der Waals surface area contributed by atoms with Crippen molar-refractivity contribution in [3.05, 3.63) is 30.2 Å². The molecular weight excluding hydrogens is 332 g/mol. The molecule has 1 fully saturated rings. The lowest BCUT2D eigenvalue weighted by Gasteiger charge is -2.22. The van der Waals surface area contributed by atoms with Gasteiger partial charge in [0, 0.05) is 31.5 Å². The Morgan fingerprint density at radius 1 is 1.38 bits per heavy atom. The number of carbonyl (C=O) groups excluding carboxylic acids is 1. The summed E-state index contributed by atoms with van der Waals surface area (Å²) in [5.41, 5.74) is 6.74. The average Bonchev–Trinajstić information content (AvgIpc) is 3.29. The maximum atomic E-state index is 12.3. The van der Waals surface area contributed by atoms with Gasteiger partial charge in [-0.05, 0) is 49.1 Å². The van der Waals surface area contributed by atoms with E-state index in [1.165, 1.54) is 0 Å². The largest absolute Gasteiger partial charge is 0.497 e. The van der Waals surface area contributed by atoms with E-state index in [1.54, 1.807) is 7.11 Å². The lowest BCUT2D eigenvalue weighted by atomic mass is 9.90. The first-order chi connectivity index (χ1) is 12.5. The molecule has 7 heteroatoms. The Morgan fingerprint density at radius 3 is 2.81 bits per heavy atom. The average molecular weight is 358 g/mol. The van der Waals surface area contributed by atoms with Gasteiger partial charge >= 0.3 is 0 Å². The van der Waals surface area contributed by atoms with Gasteiger partial charge in [0.2, 0.25) is 17.6 Å². The highest BCUT2D eigenvalue weighted by Gasteiger charge is 2.34. The molecule has 0 aliphatic carbocycles. The van der Waals surface area contributed by atoms with Crippen LogP contribution in [0.15, 0.2) is 28.8 Å². The lowest BCUT2D eigenvalue weighted by molar-refractivity contribution is -0.130. The van der Waals surface area contributed by atoms with Gasteiger partial charge in [0.05, 0.1) is 7.11 Å². The van der Waals surface area contributed by atoms with E-state index in [2.05, 4.69) is 17.1 Å². The van der Waals surface area contributed by atoms with Gasteiger partial charge in [0.15, 0.2) is 0 Å². The number of hydrogen-bond donors (Lipinski definition) is 1. The number of aryl methyl sites for hydroxylation is 1. The predicted molar refractivity (Wildman–Crippen MR) is 97.6 cm³/mol. The Hall–Kier alpha value is -2.41. The second-order valence-corrected chi connectivity index (χ2v) is 7.17. The van der Waals surface area contributed by atoms with E-state index in [-0.39, 0.29) is 11.3 Å². The zero-order valence-corrected chi connectivity index (χ0v) is 15.4. The van der Waals surface area contributed by atoms with Crippen LogP contribution in [0.4, 0.5) is 0 Å². The van der Waals surface area contributed by atoms with E-state index in [0.29, 0.717) is 37.5 Å². The number of amides is 1. The Labute approximate surface area is 153 Å². The van der Waals surface area contributed by atoms with Crippen LogP contribution in [0.5, 0.6) is 5.75 Å². The van der Waals surface area contributed by atoms with Gasteiger partial charge in [-0.2, -0.15) is 4.98 Å². The molecule has 0 radical (unpaired) electrons. The fourth-order valence-corrected chi connectivity index (χ4v) is 3.17. The Balaban J connectivity index is 1.48. The number of carbonyl (C=O) groups is 1. The molecule has 1 aromatic carbocycles. The molecule has 7 nitrogen and oxygen atoms in total. The quantitative estimate of drug-likeness (QED) is 0.816. The molecule has 0 bridgehead atoms. The first-order valence-electron chi connectivity index (χ1n) is 8.98. The second-order valence-electron chi connectivity index (χ2n) is 7.17. The summed E-state index contributed by atoms with van der Waals surface area (Å²) in [5.74, 6) is 2.06. The Bertz CT molecular complexity index is 743. The molecule has 26 heavy (non-hydrogen) atoms. The standard InChI is InChI=1S/C19H26N4O3/c1-19(12-20)10-11-23(13-19)17(24)5-3-4-16-21-18(22-26-16)14-6-8-15(25-2)9-7-14/h6-9H,3-5,10-13,20H2,1-2H3. The molecule has 3 rings (SSSR count). The summed E-state index contributed by atoms with van der Waals surface area (Å²) in [4.78, 5) is 18.7. The topological polar surface area (TPSA) is 94.5 Å². The number of nitrogens with zero attached hydrogens (tertiary/aromatic N) is 3. The minimum atomic E-state index is 0.0649. The molecule has 1 atom stereocenters. The van der Waals surface area contributed by atoms with Crippen LogP contribution in [-0.2, 0) is 11.2 Å². The number of hydrogen-bond acceptors (Lipinski definition) is 6. The predicted octanol–water partition coefficient (Wildman–Crippen LogP) is 2.27. The summed E-state index contributed by atoms with van der Waals surface area (Å²) in [5, 5.41) is 4.01. The van der Waals surface area contributed by atoms with Gasteiger partial charge in [0.25, 0.3) is 0 Å². The number of aromatic nitrogens is 2. The van der Waals surface area contributed by atoms with Gasteiger partial charge in [-0.15, -0.1) is 0 Å². The molecule has 0 saturated carbocycles. The van der Waals surface area contributed by atoms with E-state index in [4.69, 9.17) is 15.0 Å². The van der Waals surface area contributed by atoms with Crippen molar-refractivity contribution in [2.45, 2.75) is 32.6 Å². The van der Waals surface area contributed by atoms with Crippen molar-refractivity contribution < 1.29 is 14.1 Å². The number of ether oxygens (including phenoxy) is 1. The van der Waals surface area contributed by atoms with Gasteiger partial charge in [0.1, 0.15) is 5.75 Å². The summed E-state index contributed by atoms with van der Waals surface area (Å²) in [7, 11) is 1.63. The second kappa shape index (κ2) is 7.86. The lowest BCUT2D eigenvalue weighted by Crippen LogP contribution is -2.34. The molecule has 1 amide bonds. The fourth-order valence-electron chi connectivity index (χ4n) is 3.17. The molecule has 1 aliphatic heterocycles. The highest BCUT2D eigenvalue weighted by molar-refractivity contribution is 5.76. The van der Waals surface area contributed by atoms with Gasteiger partial charge in [-0.1, -0.05) is 12.1 Å². The Kier molecular flexibility index (Phi) is 5.56.